The lowest BCUT2D eigenvalue weighted by Gasteiger charge is -2.24. The molecular formula is C13H17NO3. The summed E-state index contributed by atoms with van der Waals surface area (Å²) in [5.74, 6) is -0.271. The fraction of sp³-hybridized carbons (Fsp3) is 0.462. The number of hydrogen-bond donors (Lipinski definition) is 1. The second kappa shape index (κ2) is 5.80. The van der Waals surface area contributed by atoms with Crippen molar-refractivity contribution in [2.75, 3.05) is 26.4 Å². The molecule has 1 fully saturated rings. The number of benzene rings is 1. The highest BCUT2D eigenvalue weighted by Crippen LogP contribution is 2.16. The van der Waals surface area contributed by atoms with Crippen LogP contribution in [0.15, 0.2) is 24.3 Å². The average molecular weight is 235 g/mol. The molecule has 1 saturated heterocycles. The fourth-order valence-electron chi connectivity index (χ4n) is 1.85. The molecule has 17 heavy (non-hydrogen) atoms. The number of carbonyl (C=O) groups excluding carboxylic acids is 1. The van der Waals surface area contributed by atoms with Crippen LogP contribution in [0.2, 0.25) is 0 Å². The summed E-state index contributed by atoms with van der Waals surface area (Å²) in [4.78, 5) is 11.5. The molecule has 1 aliphatic rings. The molecule has 0 aromatic heterocycles. The van der Waals surface area contributed by atoms with Crippen LogP contribution >= 0.6 is 0 Å². The van der Waals surface area contributed by atoms with E-state index in [-0.39, 0.29) is 12.0 Å². The maximum Gasteiger partial charge on any atom is 0.338 e. The number of carbonyl (C=O) groups is 1. The SMILES string of the molecule is CCOC(=O)c1ccc(C2COCCN2)cc1. The third-order valence-electron chi connectivity index (χ3n) is 2.75. The number of morpholine rings is 1. The van der Waals surface area contributed by atoms with Gasteiger partial charge in [-0.2, -0.15) is 0 Å². The second-order valence-corrected chi connectivity index (χ2v) is 3.92. The third-order valence-corrected chi connectivity index (χ3v) is 2.75. The summed E-state index contributed by atoms with van der Waals surface area (Å²) in [6.07, 6.45) is 0. The minimum atomic E-state index is -0.271. The van der Waals surface area contributed by atoms with Crippen LogP contribution in [0.5, 0.6) is 0 Å². The molecule has 0 bridgehead atoms. The summed E-state index contributed by atoms with van der Waals surface area (Å²) < 4.78 is 10.3. The zero-order valence-electron chi connectivity index (χ0n) is 9.94. The number of rotatable bonds is 3. The minimum absolute atomic E-state index is 0.222. The van der Waals surface area contributed by atoms with Gasteiger partial charge < -0.3 is 14.8 Å². The molecule has 0 aliphatic carbocycles. The standard InChI is InChI=1S/C13H17NO3/c1-2-17-13(15)11-5-3-10(4-6-11)12-9-16-8-7-14-12/h3-6,12,14H,2,7-9H2,1H3. The van der Waals surface area contributed by atoms with Gasteiger partial charge in [-0.1, -0.05) is 12.1 Å². The quantitative estimate of drug-likeness (QED) is 0.807. The first-order valence-electron chi connectivity index (χ1n) is 5.89. The summed E-state index contributed by atoms with van der Waals surface area (Å²) in [5.41, 5.74) is 1.73. The van der Waals surface area contributed by atoms with Gasteiger partial charge in [0.15, 0.2) is 0 Å². The Kier molecular flexibility index (Phi) is 4.12. The largest absolute Gasteiger partial charge is 0.462 e. The first-order valence-corrected chi connectivity index (χ1v) is 5.89. The average Bonchev–Trinajstić information content (AvgIpc) is 2.40. The van der Waals surface area contributed by atoms with Crippen molar-refractivity contribution in [3.63, 3.8) is 0 Å². The smallest absolute Gasteiger partial charge is 0.338 e. The van der Waals surface area contributed by atoms with Crippen LogP contribution in [0, 0.1) is 0 Å². The van der Waals surface area contributed by atoms with E-state index in [4.69, 9.17) is 9.47 Å². The Morgan fingerprint density at radius 1 is 1.47 bits per heavy atom. The van der Waals surface area contributed by atoms with Crippen molar-refractivity contribution in [2.45, 2.75) is 13.0 Å². The van der Waals surface area contributed by atoms with Crippen LogP contribution in [0.3, 0.4) is 0 Å². The van der Waals surface area contributed by atoms with Crippen LogP contribution in [0.25, 0.3) is 0 Å². The zero-order chi connectivity index (χ0) is 12.1. The molecule has 1 atom stereocenters. The van der Waals surface area contributed by atoms with Crippen LogP contribution in [-0.2, 0) is 9.47 Å². The first-order chi connectivity index (χ1) is 8.31. The van der Waals surface area contributed by atoms with E-state index in [2.05, 4.69) is 5.32 Å². The van der Waals surface area contributed by atoms with Crippen molar-refractivity contribution in [1.82, 2.24) is 5.32 Å². The second-order valence-electron chi connectivity index (χ2n) is 3.92. The van der Waals surface area contributed by atoms with E-state index >= 15 is 0 Å². The molecule has 1 unspecified atom stereocenters. The molecule has 1 aromatic carbocycles. The van der Waals surface area contributed by atoms with E-state index in [0.29, 0.717) is 18.8 Å². The monoisotopic (exact) mass is 235 g/mol. The Morgan fingerprint density at radius 3 is 2.82 bits per heavy atom. The zero-order valence-corrected chi connectivity index (χ0v) is 9.94. The maximum absolute atomic E-state index is 11.5. The van der Waals surface area contributed by atoms with Gasteiger partial charge in [0.2, 0.25) is 0 Å². The summed E-state index contributed by atoms with van der Waals surface area (Å²) in [5, 5.41) is 3.37. The highest BCUT2D eigenvalue weighted by Gasteiger charge is 2.15. The predicted molar refractivity (Wildman–Crippen MR) is 64.0 cm³/mol. The van der Waals surface area contributed by atoms with Crippen molar-refractivity contribution in [2.24, 2.45) is 0 Å². The summed E-state index contributed by atoms with van der Waals surface area (Å²) in [6.45, 7) is 4.51. The first kappa shape index (κ1) is 12.1. The predicted octanol–water partition coefficient (Wildman–Crippen LogP) is 1.52. The molecular weight excluding hydrogens is 218 g/mol. The van der Waals surface area contributed by atoms with Crippen LogP contribution in [0.1, 0.15) is 28.9 Å². The number of nitrogens with one attached hydrogen (secondary N) is 1. The van der Waals surface area contributed by atoms with E-state index in [1.165, 1.54) is 0 Å². The molecule has 1 aliphatic heterocycles. The van der Waals surface area contributed by atoms with E-state index in [0.717, 1.165) is 18.7 Å². The molecule has 0 amide bonds. The van der Waals surface area contributed by atoms with Gasteiger partial charge in [0.05, 0.1) is 31.4 Å². The summed E-state index contributed by atoms with van der Waals surface area (Å²) in [7, 11) is 0. The van der Waals surface area contributed by atoms with Gasteiger partial charge in [-0.15, -0.1) is 0 Å². The maximum atomic E-state index is 11.5. The number of hydrogen-bond acceptors (Lipinski definition) is 4. The Morgan fingerprint density at radius 2 is 2.24 bits per heavy atom. The van der Waals surface area contributed by atoms with Crippen LogP contribution in [0.4, 0.5) is 0 Å². The normalized spacial score (nSPS) is 19.9. The molecule has 4 heteroatoms. The lowest BCUT2D eigenvalue weighted by atomic mass is 10.0. The van der Waals surface area contributed by atoms with Crippen LogP contribution < -0.4 is 5.32 Å². The fourth-order valence-corrected chi connectivity index (χ4v) is 1.85. The van der Waals surface area contributed by atoms with E-state index in [1.807, 2.05) is 12.1 Å². The lowest BCUT2D eigenvalue weighted by Crippen LogP contribution is -2.34. The van der Waals surface area contributed by atoms with E-state index in [1.54, 1.807) is 19.1 Å². The van der Waals surface area contributed by atoms with Gasteiger partial charge in [-0.05, 0) is 24.6 Å². The van der Waals surface area contributed by atoms with Gasteiger partial charge in [0, 0.05) is 6.54 Å². The van der Waals surface area contributed by atoms with Crippen molar-refractivity contribution in [3.8, 4) is 0 Å². The van der Waals surface area contributed by atoms with Gasteiger partial charge in [-0.25, -0.2) is 4.79 Å². The van der Waals surface area contributed by atoms with Gasteiger partial charge >= 0.3 is 5.97 Å². The van der Waals surface area contributed by atoms with Crippen molar-refractivity contribution < 1.29 is 14.3 Å². The molecule has 1 heterocycles. The van der Waals surface area contributed by atoms with Gasteiger partial charge in [0.25, 0.3) is 0 Å². The minimum Gasteiger partial charge on any atom is -0.462 e. The highest BCUT2D eigenvalue weighted by molar-refractivity contribution is 5.89. The van der Waals surface area contributed by atoms with Gasteiger partial charge in [-0.3, -0.25) is 0 Å². The van der Waals surface area contributed by atoms with E-state index in [9.17, 15) is 4.79 Å². The molecule has 0 radical (unpaired) electrons. The Hall–Kier alpha value is -1.39. The highest BCUT2D eigenvalue weighted by atomic mass is 16.5. The topological polar surface area (TPSA) is 47.6 Å². The van der Waals surface area contributed by atoms with Crippen molar-refractivity contribution in [1.29, 1.82) is 0 Å². The summed E-state index contributed by atoms with van der Waals surface area (Å²) in [6, 6.07) is 7.70. The third kappa shape index (κ3) is 3.05. The molecule has 0 saturated carbocycles. The molecule has 0 spiro atoms. The molecule has 4 nitrogen and oxygen atoms in total. The Bertz CT molecular complexity index is 369. The number of esters is 1. The molecule has 1 N–H and O–H groups in total. The Balaban J connectivity index is 2.04. The summed E-state index contributed by atoms with van der Waals surface area (Å²) >= 11 is 0. The van der Waals surface area contributed by atoms with Gasteiger partial charge in [0.1, 0.15) is 0 Å². The van der Waals surface area contributed by atoms with Crippen LogP contribution in [-0.4, -0.2) is 32.3 Å². The number of ether oxygens (including phenoxy) is 2. The van der Waals surface area contributed by atoms with E-state index < -0.39 is 0 Å². The molecule has 2 rings (SSSR count). The molecule has 1 aromatic rings. The van der Waals surface area contributed by atoms with Crippen molar-refractivity contribution >= 4 is 5.97 Å². The molecule has 92 valence electrons. The Labute approximate surface area is 101 Å². The van der Waals surface area contributed by atoms with Crippen molar-refractivity contribution in [3.05, 3.63) is 35.4 Å². The lowest BCUT2D eigenvalue weighted by molar-refractivity contribution is 0.0526.